The number of rotatable bonds is 7. The first kappa shape index (κ1) is 20.9. The highest BCUT2D eigenvalue weighted by molar-refractivity contribution is 5.73. The van der Waals surface area contributed by atoms with Gasteiger partial charge >= 0.3 is 0 Å². The number of hydrogen-bond donors (Lipinski definition) is 0. The van der Waals surface area contributed by atoms with Crippen molar-refractivity contribution in [3.8, 4) is 16.9 Å². The number of para-hydroxylation sites is 2. The van der Waals surface area contributed by atoms with Crippen LogP contribution in [0.1, 0.15) is 56.2 Å². The van der Waals surface area contributed by atoms with Gasteiger partial charge in [0.25, 0.3) is 0 Å². The topological polar surface area (TPSA) is 21.6 Å². The van der Waals surface area contributed by atoms with E-state index in [1.165, 1.54) is 22.3 Å². The third kappa shape index (κ3) is 4.95. The number of methoxy groups -OCH3 is 1. The van der Waals surface area contributed by atoms with Crippen LogP contribution in [0.25, 0.3) is 11.1 Å². The van der Waals surface area contributed by atoms with Gasteiger partial charge in [0, 0.05) is 18.2 Å². The SMILES string of the molecule is COc1ccccc1-c1cccc(CC=Nc2c(C(C)C)cccc2C(C)C)c1. The highest BCUT2D eigenvalue weighted by Gasteiger charge is 2.12. The molecule has 3 rings (SSSR count). The Hall–Kier alpha value is -2.87. The lowest BCUT2D eigenvalue weighted by atomic mass is 9.93. The molecule has 0 N–H and O–H groups in total. The van der Waals surface area contributed by atoms with Gasteiger partial charge in [-0.3, -0.25) is 4.99 Å². The summed E-state index contributed by atoms with van der Waals surface area (Å²) in [7, 11) is 1.72. The molecule has 0 radical (unpaired) electrons. The Morgan fingerprint density at radius 1 is 0.828 bits per heavy atom. The third-order valence-corrected chi connectivity index (χ3v) is 5.23. The Labute approximate surface area is 175 Å². The van der Waals surface area contributed by atoms with Gasteiger partial charge in [0.2, 0.25) is 0 Å². The molecule has 0 fully saturated rings. The van der Waals surface area contributed by atoms with Crippen LogP contribution in [0.2, 0.25) is 0 Å². The van der Waals surface area contributed by atoms with Crippen LogP contribution < -0.4 is 4.74 Å². The molecule has 0 atom stereocenters. The van der Waals surface area contributed by atoms with Gasteiger partial charge in [-0.1, -0.05) is 88.4 Å². The standard InChI is InChI=1S/C27H31NO/c1-19(2)23-13-9-14-24(20(3)4)27(23)28-17-16-21-10-8-11-22(18-21)25-12-6-7-15-26(25)29-5/h6-15,17-20H,16H2,1-5H3. The summed E-state index contributed by atoms with van der Waals surface area (Å²) < 4.78 is 5.52. The summed E-state index contributed by atoms with van der Waals surface area (Å²) in [5.41, 5.74) is 7.29. The first-order valence-corrected chi connectivity index (χ1v) is 10.4. The number of aliphatic imine (C=N–C) groups is 1. The first-order valence-electron chi connectivity index (χ1n) is 10.4. The maximum Gasteiger partial charge on any atom is 0.126 e. The third-order valence-electron chi connectivity index (χ3n) is 5.23. The van der Waals surface area contributed by atoms with Crippen LogP contribution in [-0.4, -0.2) is 13.3 Å². The van der Waals surface area contributed by atoms with E-state index in [1.54, 1.807) is 7.11 Å². The molecule has 150 valence electrons. The largest absolute Gasteiger partial charge is 0.496 e. The summed E-state index contributed by atoms with van der Waals surface area (Å²) >= 11 is 0. The molecular formula is C27H31NO. The number of ether oxygens (including phenoxy) is 1. The van der Waals surface area contributed by atoms with Crippen LogP contribution in [0.5, 0.6) is 5.75 Å². The van der Waals surface area contributed by atoms with E-state index in [4.69, 9.17) is 9.73 Å². The van der Waals surface area contributed by atoms with Crippen molar-refractivity contribution >= 4 is 11.9 Å². The Morgan fingerprint density at radius 3 is 2.14 bits per heavy atom. The maximum atomic E-state index is 5.52. The molecule has 0 spiro atoms. The van der Waals surface area contributed by atoms with E-state index in [9.17, 15) is 0 Å². The minimum atomic E-state index is 0.453. The smallest absolute Gasteiger partial charge is 0.126 e. The zero-order valence-electron chi connectivity index (χ0n) is 18.1. The fraction of sp³-hybridized carbons (Fsp3) is 0.296. The number of benzene rings is 3. The average molecular weight is 386 g/mol. The minimum Gasteiger partial charge on any atom is -0.496 e. The summed E-state index contributed by atoms with van der Waals surface area (Å²) in [6, 6.07) is 23.3. The van der Waals surface area contributed by atoms with Gasteiger partial charge in [0.15, 0.2) is 0 Å². The molecule has 0 aliphatic heterocycles. The van der Waals surface area contributed by atoms with Gasteiger partial charge < -0.3 is 4.74 Å². The van der Waals surface area contributed by atoms with E-state index in [0.29, 0.717) is 11.8 Å². The van der Waals surface area contributed by atoms with Crippen LogP contribution in [0.15, 0.2) is 71.7 Å². The highest BCUT2D eigenvalue weighted by Crippen LogP contribution is 2.34. The van der Waals surface area contributed by atoms with Crippen LogP contribution in [0.3, 0.4) is 0 Å². The van der Waals surface area contributed by atoms with Gasteiger partial charge in [0.1, 0.15) is 5.75 Å². The molecule has 0 aromatic heterocycles. The molecule has 0 bridgehead atoms. The summed E-state index contributed by atoms with van der Waals surface area (Å²) in [5, 5.41) is 0. The molecule has 2 heteroatoms. The van der Waals surface area contributed by atoms with Crippen LogP contribution in [0, 0.1) is 0 Å². The molecule has 29 heavy (non-hydrogen) atoms. The molecule has 2 nitrogen and oxygen atoms in total. The van der Waals surface area contributed by atoms with Crippen molar-refractivity contribution in [3.63, 3.8) is 0 Å². The van der Waals surface area contributed by atoms with Crippen molar-refractivity contribution in [2.45, 2.75) is 46.0 Å². The van der Waals surface area contributed by atoms with Crippen LogP contribution in [0.4, 0.5) is 5.69 Å². The van der Waals surface area contributed by atoms with E-state index < -0.39 is 0 Å². The summed E-state index contributed by atoms with van der Waals surface area (Å²) in [6.07, 6.45) is 2.85. The minimum absolute atomic E-state index is 0.453. The fourth-order valence-electron chi connectivity index (χ4n) is 3.65. The lowest BCUT2D eigenvalue weighted by molar-refractivity contribution is 0.416. The molecule has 0 amide bonds. The van der Waals surface area contributed by atoms with Crippen molar-refractivity contribution in [2.75, 3.05) is 7.11 Å². The molecule has 0 heterocycles. The van der Waals surface area contributed by atoms with Gasteiger partial charge in [-0.2, -0.15) is 0 Å². The van der Waals surface area contributed by atoms with E-state index in [1.807, 2.05) is 18.2 Å². The average Bonchev–Trinajstić information content (AvgIpc) is 2.73. The second-order valence-corrected chi connectivity index (χ2v) is 8.01. The predicted octanol–water partition coefficient (Wildman–Crippen LogP) is 7.55. The Morgan fingerprint density at radius 2 is 1.48 bits per heavy atom. The Balaban J connectivity index is 1.87. The van der Waals surface area contributed by atoms with Crippen molar-refractivity contribution in [2.24, 2.45) is 4.99 Å². The normalized spacial score (nSPS) is 11.6. The maximum absolute atomic E-state index is 5.52. The van der Waals surface area contributed by atoms with E-state index in [2.05, 4.69) is 82.4 Å². The molecule has 3 aromatic carbocycles. The Bertz CT molecular complexity index is 959. The quantitative estimate of drug-likeness (QED) is 0.385. The number of nitrogens with zero attached hydrogens (tertiary/aromatic N) is 1. The lowest BCUT2D eigenvalue weighted by Crippen LogP contribution is -1.96. The van der Waals surface area contributed by atoms with E-state index >= 15 is 0 Å². The van der Waals surface area contributed by atoms with Gasteiger partial charge in [0.05, 0.1) is 12.8 Å². The first-order chi connectivity index (χ1) is 14.0. The van der Waals surface area contributed by atoms with Crippen LogP contribution in [-0.2, 0) is 6.42 Å². The molecule has 0 unspecified atom stereocenters. The predicted molar refractivity (Wildman–Crippen MR) is 125 cm³/mol. The second kappa shape index (κ2) is 9.56. The van der Waals surface area contributed by atoms with E-state index in [-0.39, 0.29) is 0 Å². The summed E-state index contributed by atoms with van der Waals surface area (Å²) in [4.78, 5) is 4.93. The summed E-state index contributed by atoms with van der Waals surface area (Å²) in [6.45, 7) is 8.93. The molecule has 0 saturated carbocycles. The molecule has 0 aliphatic rings. The van der Waals surface area contributed by atoms with Gasteiger partial charge in [-0.05, 0) is 40.2 Å². The summed E-state index contributed by atoms with van der Waals surface area (Å²) in [5.74, 6) is 1.80. The fourth-order valence-corrected chi connectivity index (χ4v) is 3.65. The van der Waals surface area contributed by atoms with Gasteiger partial charge in [-0.25, -0.2) is 0 Å². The van der Waals surface area contributed by atoms with Gasteiger partial charge in [-0.15, -0.1) is 0 Å². The zero-order valence-corrected chi connectivity index (χ0v) is 18.1. The number of hydrogen-bond acceptors (Lipinski definition) is 2. The van der Waals surface area contributed by atoms with Crippen molar-refractivity contribution in [1.29, 1.82) is 0 Å². The molecule has 0 saturated heterocycles. The molecular weight excluding hydrogens is 354 g/mol. The molecule has 0 aliphatic carbocycles. The van der Waals surface area contributed by atoms with E-state index in [0.717, 1.165) is 23.4 Å². The lowest BCUT2D eigenvalue weighted by Gasteiger charge is -2.16. The van der Waals surface area contributed by atoms with Crippen molar-refractivity contribution < 1.29 is 4.74 Å². The molecule has 3 aromatic rings. The van der Waals surface area contributed by atoms with Crippen LogP contribution >= 0.6 is 0 Å². The zero-order chi connectivity index (χ0) is 20.8. The second-order valence-electron chi connectivity index (χ2n) is 8.01. The highest BCUT2D eigenvalue weighted by atomic mass is 16.5. The monoisotopic (exact) mass is 385 g/mol. The van der Waals surface area contributed by atoms with Crippen molar-refractivity contribution in [3.05, 3.63) is 83.4 Å². The Kier molecular flexibility index (Phi) is 6.87. The van der Waals surface area contributed by atoms with Crippen molar-refractivity contribution in [1.82, 2.24) is 0 Å².